The first kappa shape index (κ1) is 32.2. The molecule has 1 saturated heterocycles. The molecule has 2 N–H and O–H groups in total. The number of ether oxygens (including phenoxy) is 5. The first-order valence-corrected chi connectivity index (χ1v) is 15.6. The van der Waals surface area contributed by atoms with Crippen molar-refractivity contribution in [1.29, 1.82) is 0 Å². The summed E-state index contributed by atoms with van der Waals surface area (Å²) in [5.41, 5.74) is 0.626. The summed E-state index contributed by atoms with van der Waals surface area (Å²) >= 11 is 0. The second-order valence-corrected chi connectivity index (χ2v) is 11.2. The fraction of sp³-hybridized carbons (Fsp3) is 0.237. The van der Waals surface area contributed by atoms with Crippen molar-refractivity contribution in [2.75, 3.05) is 33.3 Å². The minimum Gasteiger partial charge on any atom is -0.497 e. The van der Waals surface area contributed by atoms with Crippen LogP contribution in [0.3, 0.4) is 0 Å². The summed E-state index contributed by atoms with van der Waals surface area (Å²) in [5.74, 6) is 0.899. The molecule has 1 fully saturated rings. The van der Waals surface area contributed by atoms with E-state index in [0.717, 1.165) is 21.3 Å². The summed E-state index contributed by atoms with van der Waals surface area (Å²) in [5, 5.41) is 14.2. The standard InChI is InChI=1S/C38H37N3O8/c1-45-29-18-14-27(15-19-29)38(26-12-8-5-9-13-26,28-16-20-30(46-2)21-17-28)48-24-31-33(42)34(47-3)36(49-31)41-23-22-32(40-37(41)44)39-35(43)25-10-6-4-7-11-25/h4-23,31,33-34,36,42H,24H2,1-3H3,(H,39,40,43,44)/t31-,33-,34-,36-/m1/s1/i33D. The highest BCUT2D eigenvalue weighted by molar-refractivity contribution is 6.03. The van der Waals surface area contributed by atoms with Crippen LogP contribution < -0.4 is 20.5 Å². The van der Waals surface area contributed by atoms with Crippen LogP contribution in [0.2, 0.25) is 0 Å². The molecule has 0 aliphatic carbocycles. The molecule has 0 bridgehead atoms. The lowest BCUT2D eigenvalue weighted by Crippen LogP contribution is -2.40. The first-order chi connectivity index (χ1) is 24.2. The van der Waals surface area contributed by atoms with Gasteiger partial charge in [-0.2, -0.15) is 4.98 Å². The predicted octanol–water partition coefficient (Wildman–Crippen LogP) is 4.79. The SMILES string of the molecule is [2H][C@@]1(O)[C@@H](COC(c2ccccc2)(c2ccc(OC)cc2)c2ccc(OC)cc2)O[C@@H](n2ccc(NC(=O)c3ccccc3)nc2=O)[C@@H]1OC. The lowest BCUT2D eigenvalue weighted by molar-refractivity contribution is -0.0966. The summed E-state index contributed by atoms with van der Waals surface area (Å²) in [6, 6.07) is 34.4. The molecule has 11 heteroatoms. The molecule has 1 aliphatic rings. The number of nitrogens with one attached hydrogen (secondary N) is 1. The number of anilines is 1. The number of carbonyl (C=O) groups is 1. The number of benzene rings is 4. The van der Waals surface area contributed by atoms with Crippen molar-refractivity contribution in [2.45, 2.75) is 30.1 Å². The lowest BCUT2D eigenvalue weighted by Gasteiger charge is -2.37. The van der Waals surface area contributed by atoms with E-state index in [9.17, 15) is 14.7 Å². The molecule has 0 spiro atoms. The van der Waals surface area contributed by atoms with E-state index < -0.39 is 41.7 Å². The minimum absolute atomic E-state index is 0.0275. The Balaban J connectivity index is 1.33. The number of aliphatic hydroxyl groups is 1. The predicted molar refractivity (Wildman–Crippen MR) is 182 cm³/mol. The number of nitrogens with zero attached hydrogens (tertiary/aromatic N) is 2. The Kier molecular flexibility index (Phi) is 9.76. The zero-order chi connectivity index (χ0) is 35.3. The normalized spacial score (nSPS) is 20.7. The Labute approximate surface area is 285 Å². The van der Waals surface area contributed by atoms with E-state index >= 15 is 0 Å². The second kappa shape index (κ2) is 14.8. The molecule has 252 valence electrons. The molecule has 6 rings (SSSR count). The van der Waals surface area contributed by atoms with Gasteiger partial charge in [-0.05, 0) is 59.2 Å². The molecule has 0 saturated carbocycles. The maximum atomic E-state index is 13.3. The molecule has 1 amide bonds. The molecule has 0 unspecified atom stereocenters. The Hall–Kier alpha value is -5.33. The molecular formula is C38H37N3O8. The number of aromatic nitrogens is 2. The van der Waals surface area contributed by atoms with Crippen molar-refractivity contribution in [2.24, 2.45) is 0 Å². The van der Waals surface area contributed by atoms with Crippen molar-refractivity contribution < 1.29 is 35.0 Å². The zero-order valence-corrected chi connectivity index (χ0v) is 27.2. The van der Waals surface area contributed by atoms with Gasteiger partial charge in [0.05, 0.1) is 22.2 Å². The van der Waals surface area contributed by atoms with Crippen LogP contribution in [0.4, 0.5) is 5.82 Å². The smallest absolute Gasteiger partial charge is 0.351 e. The molecule has 4 atom stereocenters. The van der Waals surface area contributed by atoms with Crippen molar-refractivity contribution in [1.82, 2.24) is 9.55 Å². The van der Waals surface area contributed by atoms with E-state index in [2.05, 4.69) is 10.3 Å². The number of carbonyl (C=O) groups excluding carboxylic acids is 1. The molecule has 4 aromatic carbocycles. The summed E-state index contributed by atoms with van der Waals surface area (Å²) in [6.45, 7) is -0.295. The number of methoxy groups -OCH3 is 3. The topological polar surface area (TPSA) is 130 Å². The molecular weight excluding hydrogens is 626 g/mol. The maximum absolute atomic E-state index is 13.3. The third-order valence-corrected chi connectivity index (χ3v) is 8.44. The van der Waals surface area contributed by atoms with E-state index in [0.29, 0.717) is 17.1 Å². The Morgan fingerprint density at radius 1 is 0.857 bits per heavy atom. The minimum atomic E-state index is -2.36. The summed E-state index contributed by atoms with van der Waals surface area (Å²) in [4.78, 5) is 29.9. The van der Waals surface area contributed by atoms with Crippen LogP contribution in [0.25, 0.3) is 0 Å². The van der Waals surface area contributed by atoms with Crippen molar-refractivity contribution >= 4 is 11.7 Å². The number of hydrogen-bond acceptors (Lipinski definition) is 9. The second-order valence-electron chi connectivity index (χ2n) is 11.2. The van der Waals surface area contributed by atoms with Gasteiger partial charge in [0.25, 0.3) is 5.91 Å². The van der Waals surface area contributed by atoms with Crippen LogP contribution in [0.5, 0.6) is 11.5 Å². The van der Waals surface area contributed by atoms with Crippen LogP contribution >= 0.6 is 0 Å². The van der Waals surface area contributed by atoms with Crippen molar-refractivity contribution in [3.05, 3.63) is 154 Å². The molecule has 11 nitrogen and oxygen atoms in total. The van der Waals surface area contributed by atoms with Crippen LogP contribution in [0, 0.1) is 0 Å². The third kappa shape index (κ3) is 6.83. The van der Waals surface area contributed by atoms with Gasteiger partial charge in [-0.15, -0.1) is 0 Å². The molecule has 1 aliphatic heterocycles. The van der Waals surface area contributed by atoms with E-state index in [-0.39, 0.29) is 12.4 Å². The highest BCUT2D eigenvalue weighted by Crippen LogP contribution is 2.43. The molecule has 2 heterocycles. The van der Waals surface area contributed by atoms with Crippen LogP contribution in [-0.2, 0) is 19.8 Å². The van der Waals surface area contributed by atoms with E-state index in [1.54, 1.807) is 44.6 Å². The van der Waals surface area contributed by atoms with Gasteiger partial charge in [-0.25, -0.2) is 4.79 Å². The first-order valence-electron chi connectivity index (χ1n) is 16.1. The third-order valence-electron chi connectivity index (χ3n) is 8.44. The van der Waals surface area contributed by atoms with Gasteiger partial charge in [0.1, 0.15) is 41.2 Å². The molecule has 0 radical (unpaired) electrons. The Bertz CT molecular complexity index is 1910. The Morgan fingerprint density at radius 2 is 1.41 bits per heavy atom. The van der Waals surface area contributed by atoms with Crippen LogP contribution in [-0.4, -0.2) is 66.8 Å². The molecule has 5 aromatic rings. The summed E-state index contributed by atoms with van der Waals surface area (Å²) in [6.07, 6.45) is -4.84. The van der Waals surface area contributed by atoms with Gasteiger partial charge in [0.2, 0.25) is 0 Å². The fourth-order valence-electron chi connectivity index (χ4n) is 5.94. The monoisotopic (exact) mass is 664 g/mol. The van der Waals surface area contributed by atoms with E-state index in [1.165, 1.54) is 19.4 Å². The molecule has 49 heavy (non-hydrogen) atoms. The van der Waals surface area contributed by atoms with Crippen LogP contribution in [0.1, 0.15) is 34.6 Å². The lowest BCUT2D eigenvalue weighted by atomic mass is 9.80. The van der Waals surface area contributed by atoms with Gasteiger partial charge >= 0.3 is 5.69 Å². The summed E-state index contributed by atoms with van der Waals surface area (Å²) < 4.78 is 39.6. The quantitative estimate of drug-likeness (QED) is 0.181. The van der Waals surface area contributed by atoms with Gasteiger partial charge in [-0.1, -0.05) is 72.8 Å². The van der Waals surface area contributed by atoms with E-state index in [1.807, 2.05) is 78.9 Å². The average Bonchev–Trinajstić information content (AvgIpc) is 3.41. The van der Waals surface area contributed by atoms with Crippen molar-refractivity contribution in [3.8, 4) is 11.5 Å². The Morgan fingerprint density at radius 3 is 1.94 bits per heavy atom. The highest BCUT2D eigenvalue weighted by atomic mass is 16.6. The van der Waals surface area contributed by atoms with Gasteiger partial charge in [0, 0.05) is 18.9 Å². The largest absolute Gasteiger partial charge is 0.497 e. The highest BCUT2D eigenvalue weighted by Gasteiger charge is 2.47. The van der Waals surface area contributed by atoms with Gasteiger partial charge < -0.3 is 34.1 Å². The molecule has 1 aromatic heterocycles. The average molecular weight is 665 g/mol. The van der Waals surface area contributed by atoms with Crippen LogP contribution in [0.15, 0.2) is 126 Å². The maximum Gasteiger partial charge on any atom is 0.351 e. The number of rotatable bonds is 12. The number of hydrogen-bond donors (Lipinski definition) is 2. The fourth-order valence-corrected chi connectivity index (χ4v) is 5.94. The van der Waals surface area contributed by atoms with E-state index in [4.69, 9.17) is 25.1 Å². The van der Waals surface area contributed by atoms with Crippen molar-refractivity contribution in [3.63, 3.8) is 0 Å². The zero-order valence-electron chi connectivity index (χ0n) is 28.2. The number of amides is 1. The van der Waals surface area contributed by atoms with Gasteiger partial charge in [0.15, 0.2) is 6.23 Å². The van der Waals surface area contributed by atoms with Gasteiger partial charge in [-0.3, -0.25) is 9.36 Å². The summed E-state index contributed by atoms with van der Waals surface area (Å²) in [7, 11) is 4.49.